The molecule has 0 saturated carbocycles. The standard InChI is InChI=1S/C22H36N4O/c1-5-23-21(24-13-10-17-11-14-26(4)15-12-17)25-19-16-22(2,3)27-20-9-7-6-8-18(19)20/h6-9,17,19H,5,10-16H2,1-4H3,(H2,23,24,25). The van der Waals surface area contributed by atoms with Gasteiger partial charge in [-0.15, -0.1) is 0 Å². The van der Waals surface area contributed by atoms with E-state index >= 15 is 0 Å². The molecule has 150 valence electrons. The van der Waals surface area contributed by atoms with Gasteiger partial charge in [-0.1, -0.05) is 18.2 Å². The van der Waals surface area contributed by atoms with Crippen LogP contribution in [0.1, 0.15) is 58.1 Å². The Morgan fingerprint density at radius 2 is 2.00 bits per heavy atom. The van der Waals surface area contributed by atoms with E-state index in [4.69, 9.17) is 9.73 Å². The lowest BCUT2D eigenvalue weighted by atomic mass is 9.90. The molecule has 0 spiro atoms. The Bertz CT molecular complexity index is 635. The molecule has 5 nitrogen and oxygen atoms in total. The van der Waals surface area contributed by atoms with Crippen LogP contribution in [0.15, 0.2) is 29.3 Å². The van der Waals surface area contributed by atoms with Crippen molar-refractivity contribution < 1.29 is 4.74 Å². The lowest BCUT2D eigenvalue weighted by molar-refractivity contribution is 0.0694. The van der Waals surface area contributed by atoms with Gasteiger partial charge < -0.3 is 20.3 Å². The summed E-state index contributed by atoms with van der Waals surface area (Å²) in [6, 6.07) is 8.56. The summed E-state index contributed by atoms with van der Waals surface area (Å²) in [5.74, 6) is 2.71. The number of rotatable bonds is 5. The van der Waals surface area contributed by atoms with Gasteiger partial charge in [0.1, 0.15) is 11.4 Å². The summed E-state index contributed by atoms with van der Waals surface area (Å²) >= 11 is 0. The summed E-state index contributed by atoms with van der Waals surface area (Å²) in [4.78, 5) is 7.31. The summed E-state index contributed by atoms with van der Waals surface area (Å²) in [6.07, 6.45) is 4.71. The molecule has 2 heterocycles. The Morgan fingerprint density at radius 3 is 2.74 bits per heavy atom. The molecule has 2 aliphatic heterocycles. The average Bonchev–Trinajstić information content (AvgIpc) is 2.62. The minimum atomic E-state index is -0.183. The third kappa shape index (κ3) is 5.61. The van der Waals surface area contributed by atoms with E-state index in [-0.39, 0.29) is 11.6 Å². The maximum Gasteiger partial charge on any atom is 0.191 e. The quantitative estimate of drug-likeness (QED) is 0.613. The van der Waals surface area contributed by atoms with Gasteiger partial charge in [0, 0.05) is 25.1 Å². The van der Waals surface area contributed by atoms with Crippen molar-refractivity contribution in [2.24, 2.45) is 10.9 Å². The number of hydrogen-bond acceptors (Lipinski definition) is 3. The van der Waals surface area contributed by atoms with Crippen LogP contribution >= 0.6 is 0 Å². The van der Waals surface area contributed by atoms with Crippen molar-refractivity contribution in [3.63, 3.8) is 0 Å². The van der Waals surface area contributed by atoms with E-state index in [0.29, 0.717) is 0 Å². The predicted molar refractivity (Wildman–Crippen MR) is 112 cm³/mol. The summed E-state index contributed by atoms with van der Waals surface area (Å²) in [5.41, 5.74) is 1.04. The third-order valence-corrected chi connectivity index (χ3v) is 5.68. The fraction of sp³-hybridized carbons (Fsp3) is 0.682. The van der Waals surface area contributed by atoms with Gasteiger partial charge in [0.25, 0.3) is 0 Å². The lowest BCUT2D eigenvalue weighted by Gasteiger charge is -2.38. The molecule has 2 aliphatic rings. The van der Waals surface area contributed by atoms with E-state index in [9.17, 15) is 0 Å². The number of nitrogens with zero attached hydrogens (tertiary/aromatic N) is 2. The second-order valence-corrected chi connectivity index (χ2v) is 8.60. The van der Waals surface area contributed by atoms with Crippen LogP contribution in [-0.2, 0) is 0 Å². The topological polar surface area (TPSA) is 48.9 Å². The van der Waals surface area contributed by atoms with Crippen LogP contribution in [0.25, 0.3) is 0 Å². The van der Waals surface area contributed by atoms with E-state index in [1.165, 1.54) is 37.9 Å². The fourth-order valence-corrected chi connectivity index (χ4v) is 4.13. The zero-order valence-electron chi connectivity index (χ0n) is 17.4. The highest BCUT2D eigenvalue weighted by atomic mass is 16.5. The molecule has 1 saturated heterocycles. The molecule has 0 aromatic heterocycles. The van der Waals surface area contributed by atoms with E-state index < -0.39 is 0 Å². The van der Waals surface area contributed by atoms with Gasteiger partial charge in [-0.25, -0.2) is 0 Å². The number of likely N-dealkylation sites (tertiary alicyclic amines) is 1. The SMILES string of the molecule is CCNC(=NCCC1CCN(C)CC1)NC1CC(C)(C)Oc2ccccc21. The molecule has 27 heavy (non-hydrogen) atoms. The van der Waals surface area contributed by atoms with Crippen molar-refractivity contribution >= 4 is 5.96 Å². The Morgan fingerprint density at radius 1 is 1.26 bits per heavy atom. The monoisotopic (exact) mass is 372 g/mol. The predicted octanol–water partition coefficient (Wildman–Crippen LogP) is 3.58. The van der Waals surface area contributed by atoms with Crippen LogP contribution in [-0.4, -0.2) is 49.7 Å². The van der Waals surface area contributed by atoms with Gasteiger partial charge in [-0.3, -0.25) is 4.99 Å². The van der Waals surface area contributed by atoms with Crippen LogP contribution in [0.4, 0.5) is 0 Å². The number of ether oxygens (including phenoxy) is 1. The first-order valence-electron chi connectivity index (χ1n) is 10.5. The number of para-hydroxylation sites is 1. The molecule has 0 radical (unpaired) electrons. The molecule has 0 bridgehead atoms. The zero-order valence-corrected chi connectivity index (χ0v) is 17.4. The Kier molecular flexibility index (Phi) is 6.64. The van der Waals surface area contributed by atoms with Gasteiger partial charge in [0.05, 0.1) is 6.04 Å². The first-order chi connectivity index (χ1) is 13.0. The molecule has 5 heteroatoms. The maximum atomic E-state index is 6.16. The summed E-state index contributed by atoms with van der Waals surface area (Å²) in [6.45, 7) is 10.6. The highest BCUT2D eigenvalue weighted by Gasteiger charge is 2.33. The van der Waals surface area contributed by atoms with Crippen LogP contribution in [0, 0.1) is 5.92 Å². The minimum Gasteiger partial charge on any atom is -0.487 e. The summed E-state index contributed by atoms with van der Waals surface area (Å²) < 4.78 is 6.16. The molecule has 0 aliphatic carbocycles. The number of benzene rings is 1. The maximum absolute atomic E-state index is 6.16. The van der Waals surface area contributed by atoms with Crippen molar-refractivity contribution in [3.05, 3.63) is 29.8 Å². The van der Waals surface area contributed by atoms with Crippen LogP contribution < -0.4 is 15.4 Å². The van der Waals surface area contributed by atoms with E-state index in [0.717, 1.165) is 37.1 Å². The van der Waals surface area contributed by atoms with Crippen LogP contribution in [0.2, 0.25) is 0 Å². The molecule has 0 amide bonds. The Hall–Kier alpha value is -1.75. The molecule has 2 N–H and O–H groups in total. The first-order valence-corrected chi connectivity index (χ1v) is 10.5. The van der Waals surface area contributed by atoms with E-state index in [1.54, 1.807) is 0 Å². The number of guanidine groups is 1. The molecule has 1 fully saturated rings. The highest BCUT2D eigenvalue weighted by molar-refractivity contribution is 5.80. The molecule has 1 atom stereocenters. The lowest BCUT2D eigenvalue weighted by Crippen LogP contribution is -2.45. The third-order valence-electron chi connectivity index (χ3n) is 5.68. The highest BCUT2D eigenvalue weighted by Crippen LogP contribution is 2.39. The zero-order chi connectivity index (χ0) is 19.3. The number of hydrogen-bond donors (Lipinski definition) is 2. The number of fused-ring (bicyclic) bond motifs is 1. The molecular formula is C22H36N4O. The second-order valence-electron chi connectivity index (χ2n) is 8.60. The minimum absolute atomic E-state index is 0.183. The molecule has 1 unspecified atom stereocenters. The van der Waals surface area contributed by atoms with E-state index in [2.05, 4.69) is 61.6 Å². The number of aliphatic imine (C=N–C) groups is 1. The first kappa shape index (κ1) is 20.0. The van der Waals surface area contributed by atoms with E-state index in [1.807, 2.05) is 6.07 Å². The normalized spacial score (nSPS) is 23.4. The summed E-state index contributed by atoms with van der Waals surface area (Å²) in [5, 5.41) is 7.09. The second kappa shape index (κ2) is 8.96. The van der Waals surface area contributed by atoms with Crippen molar-refractivity contribution in [3.8, 4) is 5.75 Å². The molecule has 1 aromatic rings. The largest absolute Gasteiger partial charge is 0.487 e. The van der Waals surface area contributed by atoms with Crippen LogP contribution in [0.5, 0.6) is 5.75 Å². The number of nitrogens with one attached hydrogen (secondary N) is 2. The van der Waals surface area contributed by atoms with Crippen molar-refractivity contribution in [1.82, 2.24) is 15.5 Å². The molecular weight excluding hydrogens is 336 g/mol. The average molecular weight is 373 g/mol. The van der Waals surface area contributed by atoms with Gasteiger partial charge >= 0.3 is 0 Å². The molecule has 1 aromatic carbocycles. The van der Waals surface area contributed by atoms with Gasteiger partial charge in [0.15, 0.2) is 5.96 Å². The Labute approximate surface area is 164 Å². The van der Waals surface area contributed by atoms with Crippen molar-refractivity contribution in [1.29, 1.82) is 0 Å². The smallest absolute Gasteiger partial charge is 0.191 e. The van der Waals surface area contributed by atoms with Crippen molar-refractivity contribution in [2.45, 2.75) is 58.1 Å². The van der Waals surface area contributed by atoms with Gasteiger partial charge in [0.2, 0.25) is 0 Å². The molecule has 3 rings (SSSR count). The van der Waals surface area contributed by atoms with Gasteiger partial charge in [-0.05, 0) is 72.2 Å². The fourth-order valence-electron chi connectivity index (χ4n) is 4.13. The summed E-state index contributed by atoms with van der Waals surface area (Å²) in [7, 11) is 2.22. The Balaban J connectivity index is 1.63. The van der Waals surface area contributed by atoms with Crippen molar-refractivity contribution in [2.75, 3.05) is 33.2 Å². The van der Waals surface area contributed by atoms with Crippen LogP contribution in [0.3, 0.4) is 0 Å². The number of piperidine rings is 1. The van der Waals surface area contributed by atoms with Gasteiger partial charge in [-0.2, -0.15) is 0 Å².